The molecule has 1 fully saturated rings. The summed E-state index contributed by atoms with van der Waals surface area (Å²) in [5.41, 5.74) is 5.27. The molecule has 0 spiro atoms. The average Bonchev–Trinajstić information content (AvgIpc) is 2.41. The standard InChI is InChI=1S/C15H20F3NO/c1-2-10-7-8-12(19)14(9-10)20-13-6-4-3-5-11(13)15(16,17)18/h3-6,10,12,14H,2,7-9,19H2,1H3. The van der Waals surface area contributed by atoms with E-state index in [1.165, 1.54) is 12.1 Å². The number of hydrogen-bond donors (Lipinski definition) is 1. The van der Waals surface area contributed by atoms with Gasteiger partial charge in [-0.25, -0.2) is 0 Å². The molecular formula is C15H20F3NO. The zero-order valence-electron chi connectivity index (χ0n) is 11.5. The van der Waals surface area contributed by atoms with Crippen molar-refractivity contribution in [1.29, 1.82) is 0 Å². The second-order valence-electron chi connectivity index (χ2n) is 5.40. The van der Waals surface area contributed by atoms with Gasteiger partial charge in [-0.05, 0) is 37.3 Å². The zero-order chi connectivity index (χ0) is 14.8. The van der Waals surface area contributed by atoms with E-state index in [9.17, 15) is 13.2 Å². The quantitative estimate of drug-likeness (QED) is 0.912. The molecule has 20 heavy (non-hydrogen) atoms. The Morgan fingerprint density at radius 3 is 2.60 bits per heavy atom. The fraction of sp³-hybridized carbons (Fsp3) is 0.600. The van der Waals surface area contributed by atoms with Crippen molar-refractivity contribution in [3.63, 3.8) is 0 Å². The van der Waals surface area contributed by atoms with Crippen LogP contribution in [0.1, 0.15) is 38.2 Å². The lowest BCUT2D eigenvalue weighted by molar-refractivity contribution is -0.139. The molecule has 0 amide bonds. The number of benzene rings is 1. The molecule has 1 aliphatic rings. The lowest BCUT2D eigenvalue weighted by Gasteiger charge is -2.34. The molecule has 2 N–H and O–H groups in total. The van der Waals surface area contributed by atoms with Crippen LogP contribution < -0.4 is 10.5 Å². The first-order chi connectivity index (χ1) is 9.41. The number of alkyl halides is 3. The third-order valence-electron chi connectivity index (χ3n) is 4.00. The molecule has 1 saturated carbocycles. The van der Waals surface area contributed by atoms with Gasteiger partial charge in [0.1, 0.15) is 11.9 Å². The Hall–Kier alpha value is -1.23. The smallest absolute Gasteiger partial charge is 0.419 e. The molecule has 0 radical (unpaired) electrons. The Balaban J connectivity index is 2.17. The SMILES string of the molecule is CCC1CCC(N)C(Oc2ccccc2C(F)(F)F)C1. The number of rotatable bonds is 3. The molecule has 0 bridgehead atoms. The van der Waals surface area contributed by atoms with E-state index in [1.807, 2.05) is 0 Å². The molecule has 1 aromatic carbocycles. The summed E-state index contributed by atoms with van der Waals surface area (Å²) in [5.74, 6) is 0.370. The molecule has 2 nitrogen and oxygen atoms in total. The van der Waals surface area contributed by atoms with E-state index in [0.717, 1.165) is 31.7 Å². The van der Waals surface area contributed by atoms with Crippen LogP contribution in [0.4, 0.5) is 13.2 Å². The van der Waals surface area contributed by atoms with Crippen molar-refractivity contribution in [3.8, 4) is 5.75 Å². The van der Waals surface area contributed by atoms with Crippen LogP contribution in [0.5, 0.6) is 5.75 Å². The van der Waals surface area contributed by atoms with Gasteiger partial charge < -0.3 is 10.5 Å². The Morgan fingerprint density at radius 1 is 1.25 bits per heavy atom. The largest absolute Gasteiger partial charge is 0.488 e. The highest BCUT2D eigenvalue weighted by Gasteiger charge is 2.36. The van der Waals surface area contributed by atoms with Gasteiger partial charge in [0.25, 0.3) is 0 Å². The van der Waals surface area contributed by atoms with Crippen LogP contribution in [0.25, 0.3) is 0 Å². The van der Waals surface area contributed by atoms with Crippen LogP contribution in [0, 0.1) is 5.92 Å². The van der Waals surface area contributed by atoms with Crippen molar-refractivity contribution in [1.82, 2.24) is 0 Å². The molecule has 3 unspecified atom stereocenters. The summed E-state index contributed by atoms with van der Waals surface area (Å²) in [4.78, 5) is 0. The lowest BCUT2D eigenvalue weighted by atomic mass is 9.83. The Bertz CT molecular complexity index is 447. The zero-order valence-corrected chi connectivity index (χ0v) is 11.5. The van der Waals surface area contributed by atoms with Gasteiger partial charge in [0, 0.05) is 6.04 Å². The first-order valence-electron chi connectivity index (χ1n) is 7.00. The summed E-state index contributed by atoms with van der Waals surface area (Å²) in [6.07, 6.45) is -1.18. The molecule has 0 aromatic heterocycles. The van der Waals surface area contributed by atoms with Gasteiger partial charge in [0.05, 0.1) is 5.56 Å². The van der Waals surface area contributed by atoms with Crippen LogP contribution in [0.15, 0.2) is 24.3 Å². The van der Waals surface area contributed by atoms with Gasteiger partial charge in [-0.15, -0.1) is 0 Å². The summed E-state index contributed by atoms with van der Waals surface area (Å²) >= 11 is 0. The van der Waals surface area contributed by atoms with E-state index in [1.54, 1.807) is 6.07 Å². The predicted molar refractivity (Wildman–Crippen MR) is 71.5 cm³/mol. The summed E-state index contributed by atoms with van der Waals surface area (Å²) in [7, 11) is 0. The van der Waals surface area contributed by atoms with Gasteiger partial charge in [0.2, 0.25) is 0 Å². The molecule has 2 rings (SSSR count). The second kappa shape index (κ2) is 6.04. The topological polar surface area (TPSA) is 35.2 Å². The van der Waals surface area contributed by atoms with E-state index in [4.69, 9.17) is 10.5 Å². The number of nitrogens with two attached hydrogens (primary N) is 1. The molecule has 1 aromatic rings. The van der Waals surface area contributed by atoms with Crippen LogP contribution in [0.3, 0.4) is 0 Å². The van der Waals surface area contributed by atoms with Crippen molar-refractivity contribution < 1.29 is 17.9 Å². The average molecular weight is 287 g/mol. The van der Waals surface area contributed by atoms with E-state index < -0.39 is 11.7 Å². The number of para-hydroxylation sites is 1. The van der Waals surface area contributed by atoms with Gasteiger partial charge in [0.15, 0.2) is 0 Å². The van der Waals surface area contributed by atoms with Crippen LogP contribution >= 0.6 is 0 Å². The first-order valence-corrected chi connectivity index (χ1v) is 7.00. The molecule has 112 valence electrons. The highest BCUT2D eigenvalue weighted by molar-refractivity contribution is 5.35. The second-order valence-corrected chi connectivity index (χ2v) is 5.40. The number of hydrogen-bond acceptors (Lipinski definition) is 2. The van der Waals surface area contributed by atoms with Gasteiger partial charge in [-0.2, -0.15) is 13.2 Å². The molecule has 0 saturated heterocycles. The van der Waals surface area contributed by atoms with E-state index >= 15 is 0 Å². The van der Waals surface area contributed by atoms with Gasteiger partial charge >= 0.3 is 6.18 Å². The lowest BCUT2D eigenvalue weighted by Crippen LogP contribution is -2.44. The molecule has 5 heteroatoms. The summed E-state index contributed by atoms with van der Waals surface area (Å²) in [6.45, 7) is 2.09. The van der Waals surface area contributed by atoms with Crippen molar-refractivity contribution in [3.05, 3.63) is 29.8 Å². The number of halogens is 3. The molecule has 1 aliphatic carbocycles. The Labute approximate surface area is 117 Å². The van der Waals surface area contributed by atoms with Crippen molar-refractivity contribution in [2.75, 3.05) is 0 Å². The third-order valence-corrected chi connectivity index (χ3v) is 4.00. The normalized spacial score (nSPS) is 27.4. The van der Waals surface area contributed by atoms with Crippen molar-refractivity contribution in [2.24, 2.45) is 11.7 Å². The molecule has 0 heterocycles. The van der Waals surface area contributed by atoms with Crippen LogP contribution in [-0.4, -0.2) is 12.1 Å². The van der Waals surface area contributed by atoms with Crippen LogP contribution in [-0.2, 0) is 6.18 Å². The third kappa shape index (κ3) is 3.45. The number of ether oxygens (including phenoxy) is 1. The van der Waals surface area contributed by atoms with Crippen LogP contribution in [0.2, 0.25) is 0 Å². The minimum Gasteiger partial charge on any atom is -0.488 e. The maximum Gasteiger partial charge on any atom is 0.419 e. The summed E-state index contributed by atoms with van der Waals surface area (Å²) in [5, 5.41) is 0. The van der Waals surface area contributed by atoms with Crippen molar-refractivity contribution in [2.45, 2.75) is 50.9 Å². The Kier molecular flexibility index (Phi) is 4.58. The van der Waals surface area contributed by atoms with E-state index in [2.05, 4.69) is 6.92 Å². The summed E-state index contributed by atoms with van der Waals surface area (Å²) in [6, 6.07) is 5.13. The van der Waals surface area contributed by atoms with Gasteiger partial charge in [-0.3, -0.25) is 0 Å². The monoisotopic (exact) mass is 287 g/mol. The van der Waals surface area contributed by atoms with Gasteiger partial charge in [-0.1, -0.05) is 25.5 Å². The molecule has 3 atom stereocenters. The molecule has 0 aliphatic heterocycles. The summed E-state index contributed by atoms with van der Waals surface area (Å²) < 4.78 is 44.4. The minimum absolute atomic E-state index is 0.114. The fourth-order valence-corrected chi connectivity index (χ4v) is 2.71. The predicted octanol–water partition coefficient (Wildman–Crippen LogP) is 3.99. The molecular weight excluding hydrogens is 267 g/mol. The van der Waals surface area contributed by atoms with E-state index in [0.29, 0.717) is 5.92 Å². The highest BCUT2D eigenvalue weighted by Crippen LogP contribution is 2.38. The maximum atomic E-state index is 12.9. The Morgan fingerprint density at radius 2 is 1.95 bits per heavy atom. The minimum atomic E-state index is -4.40. The fourth-order valence-electron chi connectivity index (χ4n) is 2.71. The maximum absolute atomic E-state index is 12.9. The van der Waals surface area contributed by atoms with Crippen molar-refractivity contribution >= 4 is 0 Å². The van der Waals surface area contributed by atoms with E-state index in [-0.39, 0.29) is 17.9 Å². The first kappa shape index (κ1) is 15.2. The highest BCUT2D eigenvalue weighted by atomic mass is 19.4.